The van der Waals surface area contributed by atoms with Crippen molar-refractivity contribution in [2.75, 3.05) is 0 Å². The molecule has 56 heavy (non-hydrogen) atoms. The lowest BCUT2D eigenvalue weighted by Crippen LogP contribution is -1.98. The molecule has 0 N–H and O–H groups in total. The largest absolute Gasteiger partial charge is 0.309 e. The summed E-state index contributed by atoms with van der Waals surface area (Å²) in [6, 6.07) is 72.9. The van der Waals surface area contributed by atoms with E-state index in [9.17, 15) is 0 Å². The van der Waals surface area contributed by atoms with E-state index in [0.29, 0.717) is 0 Å². The summed E-state index contributed by atoms with van der Waals surface area (Å²) in [7, 11) is 0. The molecule has 0 aliphatic heterocycles. The molecule has 0 amide bonds. The summed E-state index contributed by atoms with van der Waals surface area (Å²) in [6.07, 6.45) is 0. The smallest absolute Gasteiger partial charge is 0.0730 e. The summed E-state index contributed by atoms with van der Waals surface area (Å²) in [5.41, 5.74) is 13.6. The maximum Gasteiger partial charge on any atom is 0.0730 e. The van der Waals surface area contributed by atoms with Gasteiger partial charge in [-0.2, -0.15) is 0 Å². The Morgan fingerprint density at radius 3 is 1.39 bits per heavy atom. The highest BCUT2D eigenvalue weighted by Gasteiger charge is 2.19. The second-order valence-corrected chi connectivity index (χ2v) is 14.8. The number of rotatable bonds is 5. The van der Waals surface area contributed by atoms with Crippen LogP contribution < -0.4 is 0 Å². The van der Waals surface area contributed by atoms with E-state index in [1.54, 1.807) is 0 Å². The van der Waals surface area contributed by atoms with Crippen molar-refractivity contribution in [3.8, 4) is 50.5 Å². The number of pyridine rings is 1. The predicted molar refractivity (Wildman–Crippen MR) is 238 cm³/mol. The molecule has 2 aromatic heterocycles. The van der Waals surface area contributed by atoms with E-state index in [1.807, 2.05) is 0 Å². The number of hydrogen-bond donors (Lipinski definition) is 0. The van der Waals surface area contributed by atoms with Gasteiger partial charge < -0.3 is 4.57 Å². The molecule has 0 spiro atoms. The third-order valence-corrected chi connectivity index (χ3v) is 11.4. The highest BCUT2D eigenvalue weighted by atomic mass is 15.0. The summed E-state index contributed by atoms with van der Waals surface area (Å²) in [5, 5.41) is 10.0. The van der Waals surface area contributed by atoms with E-state index >= 15 is 0 Å². The Morgan fingerprint density at radius 1 is 0.304 bits per heavy atom. The summed E-state index contributed by atoms with van der Waals surface area (Å²) >= 11 is 0. The molecule has 0 fully saturated rings. The van der Waals surface area contributed by atoms with Gasteiger partial charge in [-0.15, -0.1) is 0 Å². The highest BCUT2D eigenvalue weighted by molar-refractivity contribution is 6.29. The van der Waals surface area contributed by atoms with E-state index in [-0.39, 0.29) is 0 Å². The Bertz CT molecular complexity index is 3210. The van der Waals surface area contributed by atoms with E-state index in [1.165, 1.54) is 76.4 Å². The molecule has 0 aliphatic rings. The van der Waals surface area contributed by atoms with Crippen LogP contribution in [0.4, 0.5) is 0 Å². The van der Waals surface area contributed by atoms with Crippen LogP contribution in [0.15, 0.2) is 200 Å². The van der Waals surface area contributed by atoms with Crippen molar-refractivity contribution in [3.05, 3.63) is 206 Å². The summed E-state index contributed by atoms with van der Waals surface area (Å²) in [5.74, 6) is 0. The van der Waals surface area contributed by atoms with Gasteiger partial charge in [0.25, 0.3) is 0 Å². The molecule has 262 valence electrons. The van der Waals surface area contributed by atoms with Gasteiger partial charge in [-0.1, -0.05) is 163 Å². The van der Waals surface area contributed by atoms with E-state index in [2.05, 4.69) is 212 Å². The van der Waals surface area contributed by atoms with Crippen molar-refractivity contribution in [2.24, 2.45) is 0 Å². The van der Waals surface area contributed by atoms with Crippen LogP contribution in [0.3, 0.4) is 0 Å². The Hall–Kier alpha value is -7.29. The lowest BCUT2D eigenvalue weighted by atomic mass is 9.91. The number of aryl methyl sites for hydroxylation is 1. The molecule has 0 radical (unpaired) electrons. The second kappa shape index (κ2) is 12.9. The molecule has 0 bridgehead atoms. The van der Waals surface area contributed by atoms with Gasteiger partial charge in [0.2, 0.25) is 0 Å². The van der Waals surface area contributed by atoms with Crippen molar-refractivity contribution >= 4 is 54.1 Å². The fraction of sp³-hybridized carbons (Fsp3) is 0.0185. The van der Waals surface area contributed by atoms with Crippen LogP contribution in [-0.2, 0) is 0 Å². The molecule has 11 aromatic rings. The monoisotopic (exact) mass is 712 g/mol. The van der Waals surface area contributed by atoms with Gasteiger partial charge in [0.1, 0.15) is 0 Å². The fourth-order valence-corrected chi connectivity index (χ4v) is 8.64. The molecule has 0 saturated carbocycles. The van der Waals surface area contributed by atoms with Gasteiger partial charge in [0, 0.05) is 21.9 Å². The third-order valence-electron chi connectivity index (χ3n) is 11.4. The van der Waals surface area contributed by atoms with Crippen LogP contribution in [0.5, 0.6) is 0 Å². The van der Waals surface area contributed by atoms with Crippen molar-refractivity contribution in [1.29, 1.82) is 0 Å². The lowest BCUT2D eigenvalue weighted by molar-refractivity contribution is 1.16. The minimum absolute atomic E-state index is 0.943. The highest BCUT2D eigenvalue weighted by Crippen LogP contribution is 2.43. The zero-order valence-corrected chi connectivity index (χ0v) is 30.9. The minimum atomic E-state index is 0.943. The van der Waals surface area contributed by atoms with Crippen molar-refractivity contribution in [2.45, 2.75) is 6.92 Å². The van der Waals surface area contributed by atoms with Crippen LogP contribution in [0, 0.1) is 6.92 Å². The molecule has 11 rings (SSSR count). The van der Waals surface area contributed by atoms with E-state index in [4.69, 9.17) is 4.98 Å². The van der Waals surface area contributed by atoms with Crippen molar-refractivity contribution in [1.82, 2.24) is 9.55 Å². The summed E-state index contributed by atoms with van der Waals surface area (Å²) in [6.45, 7) is 2.14. The molecular weight excluding hydrogens is 677 g/mol. The Balaban J connectivity index is 1.27. The predicted octanol–water partition coefficient (Wildman–Crippen LogP) is 14.6. The Labute approximate surface area is 325 Å². The molecule has 9 aromatic carbocycles. The zero-order chi connectivity index (χ0) is 37.2. The lowest BCUT2D eigenvalue weighted by Gasteiger charge is -2.15. The quantitative estimate of drug-likeness (QED) is 0.162. The fourth-order valence-electron chi connectivity index (χ4n) is 8.64. The van der Waals surface area contributed by atoms with Crippen LogP contribution in [0.1, 0.15) is 5.56 Å². The van der Waals surface area contributed by atoms with Gasteiger partial charge in [-0.05, 0) is 104 Å². The number of nitrogens with zero attached hydrogens (tertiary/aromatic N) is 2. The van der Waals surface area contributed by atoms with Gasteiger partial charge in [0.05, 0.1) is 28.1 Å². The first-order chi connectivity index (χ1) is 27.7. The Kier molecular flexibility index (Phi) is 7.43. The molecule has 0 atom stereocenters. The number of aromatic nitrogens is 2. The number of hydrogen-bond acceptors (Lipinski definition) is 1. The first-order valence-electron chi connectivity index (χ1n) is 19.3. The second-order valence-electron chi connectivity index (χ2n) is 14.8. The standard InChI is InChI=1S/C54H36N2/c1-35-21-23-37(24-22-35)40-25-27-45-43-19-11-12-20-44(43)48-34-54-50(33-47(48)46(45)29-40)49-30-41(36-13-5-2-6-14-36)26-28-53(49)56(54)42-31-51(38-15-7-3-8-16-38)55-52(32-42)39-17-9-4-10-18-39/h2-34H,1H3. The maximum absolute atomic E-state index is 5.25. The molecule has 0 aliphatic carbocycles. The normalized spacial score (nSPS) is 11.7. The van der Waals surface area contributed by atoms with Crippen molar-refractivity contribution in [3.63, 3.8) is 0 Å². The first-order valence-corrected chi connectivity index (χ1v) is 19.3. The molecular formula is C54H36N2. The maximum atomic E-state index is 5.25. The Morgan fingerprint density at radius 2 is 0.750 bits per heavy atom. The van der Waals surface area contributed by atoms with Crippen LogP contribution in [0.25, 0.3) is 105 Å². The van der Waals surface area contributed by atoms with E-state index < -0.39 is 0 Å². The molecule has 2 heterocycles. The SMILES string of the molecule is Cc1ccc(-c2ccc3c4ccccc4c4cc5c(cc4c3c2)c2cc(-c3ccccc3)ccc2n5-c2cc(-c3ccccc3)nc(-c3ccccc3)c2)cc1. The summed E-state index contributed by atoms with van der Waals surface area (Å²) in [4.78, 5) is 5.25. The molecule has 2 nitrogen and oxygen atoms in total. The third kappa shape index (κ3) is 5.30. The van der Waals surface area contributed by atoms with E-state index in [0.717, 1.165) is 33.7 Å². The topological polar surface area (TPSA) is 17.8 Å². The average Bonchev–Trinajstić information content (AvgIpc) is 3.59. The van der Waals surface area contributed by atoms with Crippen LogP contribution in [-0.4, -0.2) is 9.55 Å². The number of benzene rings is 9. The van der Waals surface area contributed by atoms with Gasteiger partial charge in [0.15, 0.2) is 0 Å². The molecule has 0 saturated heterocycles. The zero-order valence-electron chi connectivity index (χ0n) is 30.9. The average molecular weight is 713 g/mol. The van der Waals surface area contributed by atoms with Crippen LogP contribution >= 0.6 is 0 Å². The molecule has 0 unspecified atom stereocenters. The molecule has 2 heteroatoms. The van der Waals surface area contributed by atoms with Gasteiger partial charge >= 0.3 is 0 Å². The minimum Gasteiger partial charge on any atom is -0.309 e. The van der Waals surface area contributed by atoms with Crippen LogP contribution in [0.2, 0.25) is 0 Å². The van der Waals surface area contributed by atoms with Gasteiger partial charge in [-0.3, -0.25) is 0 Å². The first kappa shape index (κ1) is 32.2. The van der Waals surface area contributed by atoms with Crippen molar-refractivity contribution < 1.29 is 0 Å². The number of fused-ring (bicyclic) bond motifs is 9. The summed E-state index contributed by atoms with van der Waals surface area (Å²) < 4.78 is 2.46. The van der Waals surface area contributed by atoms with Gasteiger partial charge in [-0.25, -0.2) is 4.98 Å².